The van der Waals surface area contributed by atoms with Crippen molar-refractivity contribution in [2.24, 2.45) is 0 Å². The van der Waals surface area contributed by atoms with Crippen molar-refractivity contribution >= 4 is 32.2 Å². The van der Waals surface area contributed by atoms with Gasteiger partial charge in [-0.15, -0.1) is 11.3 Å². The predicted octanol–water partition coefficient (Wildman–Crippen LogP) is 5.18. The fourth-order valence-electron chi connectivity index (χ4n) is 2.98. The normalized spacial score (nSPS) is 11.4. The minimum atomic E-state index is 0.239. The highest BCUT2D eigenvalue weighted by molar-refractivity contribution is 7.19. The van der Waals surface area contributed by atoms with Gasteiger partial charge in [-0.25, -0.2) is 0 Å². The van der Waals surface area contributed by atoms with Gasteiger partial charge in [0.05, 0.1) is 7.11 Å². The van der Waals surface area contributed by atoms with Gasteiger partial charge in [0.2, 0.25) is 5.88 Å². The Labute approximate surface area is 138 Å². The van der Waals surface area contributed by atoms with E-state index in [1.807, 2.05) is 46.4 Å². The van der Waals surface area contributed by atoms with Crippen LogP contribution in [0.15, 0.2) is 42.6 Å². The smallest absolute Gasteiger partial charge is 0.203 e. The highest BCUT2D eigenvalue weighted by Crippen LogP contribution is 2.36. The fourth-order valence-corrected chi connectivity index (χ4v) is 4.03. The zero-order valence-corrected chi connectivity index (χ0v) is 14.1. The number of ether oxygens (including phenoxy) is 1. The van der Waals surface area contributed by atoms with Crippen LogP contribution in [0, 0.1) is 13.8 Å². The summed E-state index contributed by atoms with van der Waals surface area (Å²) in [6.07, 6.45) is 1.96. The molecule has 4 heteroatoms. The number of nitrogens with zero attached hydrogens (tertiary/aromatic N) is 1. The molecule has 2 heterocycles. The highest BCUT2D eigenvalue weighted by Gasteiger charge is 2.12. The van der Waals surface area contributed by atoms with E-state index in [-0.39, 0.29) is 5.88 Å². The summed E-state index contributed by atoms with van der Waals surface area (Å²) in [6, 6.07) is 12.0. The van der Waals surface area contributed by atoms with Crippen LogP contribution in [0.4, 0.5) is 0 Å². The summed E-state index contributed by atoms with van der Waals surface area (Å²) in [6.45, 7) is 4.29. The van der Waals surface area contributed by atoms with Crippen LogP contribution in [-0.4, -0.2) is 16.8 Å². The van der Waals surface area contributed by atoms with Crippen molar-refractivity contribution in [3.63, 3.8) is 0 Å². The van der Waals surface area contributed by atoms with Gasteiger partial charge in [-0.3, -0.25) is 4.57 Å². The van der Waals surface area contributed by atoms with Crippen molar-refractivity contribution < 1.29 is 9.84 Å². The van der Waals surface area contributed by atoms with Crippen molar-refractivity contribution in [1.82, 2.24) is 4.57 Å². The van der Waals surface area contributed by atoms with Crippen LogP contribution in [-0.2, 0) is 0 Å². The van der Waals surface area contributed by atoms with Crippen LogP contribution >= 0.6 is 11.3 Å². The first-order valence-electron chi connectivity index (χ1n) is 7.46. The van der Waals surface area contributed by atoms with Gasteiger partial charge in [0.15, 0.2) is 0 Å². The molecule has 0 saturated carbocycles. The topological polar surface area (TPSA) is 34.4 Å². The maximum atomic E-state index is 10.6. The van der Waals surface area contributed by atoms with Crippen molar-refractivity contribution in [3.05, 3.63) is 53.0 Å². The molecule has 0 radical (unpaired) electrons. The van der Waals surface area contributed by atoms with Gasteiger partial charge in [-0.1, -0.05) is 0 Å². The zero-order valence-electron chi connectivity index (χ0n) is 13.3. The Morgan fingerprint density at radius 2 is 1.87 bits per heavy atom. The van der Waals surface area contributed by atoms with E-state index in [2.05, 4.69) is 26.0 Å². The lowest BCUT2D eigenvalue weighted by Crippen LogP contribution is -1.90. The number of aromatic nitrogens is 1. The Kier molecular flexibility index (Phi) is 3.10. The lowest BCUT2D eigenvalue weighted by Gasteiger charge is -2.05. The number of aromatic hydroxyl groups is 1. The monoisotopic (exact) mass is 323 g/mol. The molecule has 2 aromatic heterocycles. The summed E-state index contributed by atoms with van der Waals surface area (Å²) in [5.74, 6) is 0.980. The molecule has 116 valence electrons. The molecule has 2 aromatic carbocycles. The molecule has 0 atom stereocenters. The van der Waals surface area contributed by atoms with E-state index in [1.54, 1.807) is 7.11 Å². The molecule has 0 bridgehead atoms. The number of thiophene rings is 1. The lowest BCUT2D eigenvalue weighted by molar-refractivity contribution is 0.414. The molecular weight excluding hydrogens is 306 g/mol. The number of methoxy groups -OCH3 is 1. The van der Waals surface area contributed by atoms with E-state index in [0.29, 0.717) is 0 Å². The van der Waals surface area contributed by atoms with E-state index >= 15 is 0 Å². The van der Waals surface area contributed by atoms with Crippen LogP contribution in [0.5, 0.6) is 11.6 Å². The molecule has 0 amide bonds. The third kappa shape index (κ3) is 2.10. The zero-order chi connectivity index (χ0) is 16.1. The second-order valence-electron chi connectivity index (χ2n) is 5.74. The molecule has 0 unspecified atom stereocenters. The second-order valence-corrected chi connectivity index (χ2v) is 7.00. The first-order chi connectivity index (χ1) is 11.1. The number of aryl methyl sites for hydroxylation is 2. The van der Waals surface area contributed by atoms with Crippen LogP contribution in [0.25, 0.3) is 26.5 Å². The van der Waals surface area contributed by atoms with Gasteiger partial charge < -0.3 is 9.84 Å². The summed E-state index contributed by atoms with van der Waals surface area (Å²) >= 11 is 1.81. The molecule has 0 aliphatic heterocycles. The van der Waals surface area contributed by atoms with Gasteiger partial charge in [0.1, 0.15) is 5.75 Å². The molecule has 0 spiro atoms. The van der Waals surface area contributed by atoms with Crippen LogP contribution < -0.4 is 4.74 Å². The standard InChI is InChI=1S/C19H17NO2S/c1-11-12(2)23-18-7-5-14(8-16(11)18)20-10-13-4-6-15(22-3)9-17(13)19(20)21/h4-10,21H,1-3H3. The Hall–Kier alpha value is -2.46. The summed E-state index contributed by atoms with van der Waals surface area (Å²) < 4.78 is 8.36. The van der Waals surface area contributed by atoms with Gasteiger partial charge in [0.25, 0.3) is 0 Å². The summed E-state index contributed by atoms with van der Waals surface area (Å²) in [5, 5.41) is 13.7. The largest absolute Gasteiger partial charge is 0.497 e. The van der Waals surface area contributed by atoms with Crippen molar-refractivity contribution in [3.8, 4) is 17.3 Å². The van der Waals surface area contributed by atoms with E-state index in [9.17, 15) is 5.11 Å². The third-order valence-corrected chi connectivity index (χ3v) is 5.62. The Morgan fingerprint density at radius 3 is 2.65 bits per heavy atom. The van der Waals surface area contributed by atoms with E-state index in [1.165, 1.54) is 20.5 Å². The highest BCUT2D eigenvalue weighted by atomic mass is 32.1. The van der Waals surface area contributed by atoms with Gasteiger partial charge in [-0.2, -0.15) is 0 Å². The summed E-state index contributed by atoms with van der Waals surface area (Å²) in [4.78, 5) is 1.34. The number of hydrogen-bond acceptors (Lipinski definition) is 3. The molecule has 0 aliphatic rings. The Morgan fingerprint density at radius 1 is 1.04 bits per heavy atom. The molecule has 3 nitrogen and oxygen atoms in total. The fraction of sp³-hybridized carbons (Fsp3) is 0.158. The first-order valence-corrected chi connectivity index (χ1v) is 8.28. The van der Waals surface area contributed by atoms with E-state index < -0.39 is 0 Å². The minimum Gasteiger partial charge on any atom is -0.497 e. The molecule has 0 fully saturated rings. The van der Waals surface area contributed by atoms with E-state index in [4.69, 9.17) is 4.74 Å². The molecule has 4 aromatic rings. The van der Waals surface area contributed by atoms with Gasteiger partial charge in [0, 0.05) is 32.2 Å². The quantitative estimate of drug-likeness (QED) is 0.552. The van der Waals surface area contributed by atoms with Gasteiger partial charge in [-0.05, 0) is 61.2 Å². The molecule has 1 N–H and O–H groups in total. The summed E-state index contributed by atoms with van der Waals surface area (Å²) in [5.41, 5.74) is 2.27. The van der Waals surface area contributed by atoms with Crippen molar-refractivity contribution in [2.75, 3.05) is 7.11 Å². The average molecular weight is 323 g/mol. The number of hydrogen-bond donors (Lipinski definition) is 1. The molecule has 23 heavy (non-hydrogen) atoms. The number of rotatable bonds is 2. The number of fused-ring (bicyclic) bond motifs is 2. The van der Waals surface area contributed by atoms with Gasteiger partial charge >= 0.3 is 0 Å². The SMILES string of the molecule is COc1ccc2cn(-c3ccc4sc(C)c(C)c4c3)c(O)c2c1. The molecular formula is C19H17NO2S. The van der Waals surface area contributed by atoms with Crippen molar-refractivity contribution in [1.29, 1.82) is 0 Å². The van der Waals surface area contributed by atoms with Crippen LogP contribution in [0.3, 0.4) is 0 Å². The number of benzene rings is 2. The van der Waals surface area contributed by atoms with Crippen molar-refractivity contribution in [2.45, 2.75) is 13.8 Å². The maximum absolute atomic E-state index is 10.6. The molecule has 0 aliphatic carbocycles. The van der Waals surface area contributed by atoms with Crippen LogP contribution in [0.2, 0.25) is 0 Å². The molecule has 0 saturated heterocycles. The third-order valence-electron chi connectivity index (χ3n) is 4.43. The Bertz CT molecular complexity index is 1040. The summed E-state index contributed by atoms with van der Waals surface area (Å²) in [7, 11) is 1.63. The average Bonchev–Trinajstić information content (AvgIpc) is 3.04. The van der Waals surface area contributed by atoms with Crippen LogP contribution in [0.1, 0.15) is 10.4 Å². The predicted molar refractivity (Wildman–Crippen MR) is 96.3 cm³/mol. The maximum Gasteiger partial charge on any atom is 0.203 e. The lowest BCUT2D eigenvalue weighted by atomic mass is 10.1. The molecule has 4 rings (SSSR count). The second kappa shape index (κ2) is 5.03. The van der Waals surface area contributed by atoms with E-state index in [0.717, 1.165) is 22.2 Å². The Balaban J connectivity index is 1.94. The minimum absolute atomic E-state index is 0.239. The first kappa shape index (κ1) is 14.2.